The molecule has 0 bridgehead atoms. The first-order valence-electron chi connectivity index (χ1n) is 7.34. The molecule has 0 saturated carbocycles. The van der Waals surface area contributed by atoms with Gasteiger partial charge in [-0.1, -0.05) is 60.4 Å². The number of benzene rings is 2. The lowest BCUT2D eigenvalue weighted by molar-refractivity contribution is 0.166. The van der Waals surface area contributed by atoms with Crippen LogP contribution < -0.4 is 5.32 Å². The van der Waals surface area contributed by atoms with Crippen LogP contribution >= 0.6 is 11.6 Å². The zero-order valence-corrected chi connectivity index (χ0v) is 14.1. The number of amides is 1. The Bertz CT molecular complexity index is 692. The van der Waals surface area contributed by atoms with Crippen LogP contribution in [0.3, 0.4) is 0 Å². The van der Waals surface area contributed by atoms with Gasteiger partial charge in [-0.3, -0.25) is 10.2 Å². The Balaban J connectivity index is 2.06. The second kappa shape index (κ2) is 7.79. The number of anilines is 1. The molecule has 0 unspecified atom stereocenters. The number of halogens is 1. The van der Waals surface area contributed by atoms with Gasteiger partial charge in [0.25, 0.3) is 0 Å². The molecular formula is C18H19ClN2O2. The number of oxime groups is 1. The number of carbonyl (C=O) groups is 1. The van der Waals surface area contributed by atoms with E-state index in [4.69, 9.17) is 16.4 Å². The van der Waals surface area contributed by atoms with Crippen LogP contribution in [-0.4, -0.2) is 11.8 Å². The van der Waals surface area contributed by atoms with Crippen LogP contribution in [0, 0.1) is 12.8 Å². The Morgan fingerprint density at radius 2 is 1.70 bits per heavy atom. The molecule has 1 amide bonds. The van der Waals surface area contributed by atoms with Gasteiger partial charge in [0.05, 0.1) is 5.71 Å². The summed E-state index contributed by atoms with van der Waals surface area (Å²) in [5, 5.41) is 7.21. The average Bonchev–Trinajstić information content (AvgIpc) is 2.51. The van der Waals surface area contributed by atoms with Crippen molar-refractivity contribution in [3.63, 3.8) is 0 Å². The minimum absolute atomic E-state index is 0.126. The van der Waals surface area contributed by atoms with E-state index < -0.39 is 6.09 Å². The highest BCUT2D eigenvalue weighted by molar-refractivity contribution is 6.30. The highest BCUT2D eigenvalue weighted by atomic mass is 35.5. The van der Waals surface area contributed by atoms with Gasteiger partial charge in [0.15, 0.2) is 0 Å². The number of carbonyl (C=O) groups excluding carboxylic acids is 1. The fraction of sp³-hybridized carbons (Fsp3) is 0.222. The third-order valence-electron chi connectivity index (χ3n) is 3.21. The van der Waals surface area contributed by atoms with Crippen LogP contribution in [0.25, 0.3) is 0 Å². The Kier molecular flexibility index (Phi) is 5.77. The van der Waals surface area contributed by atoms with Gasteiger partial charge < -0.3 is 0 Å². The van der Waals surface area contributed by atoms with Crippen LogP contribution in [-0.2, 0) is 4.84 Å². The van der Waals surface area contributed by atoms with Crippen molar-refractivity contribution in [3.05, 3.63) is 64.7 Å². The standard InChI is InChI=1S/C18H19ClN2O2/c1-12(2)17(14-6-4-13(3)5-7-14)21-23-18(22)20-16-10-8-15(19)9-11-16/h4-12H,1-3H3,(H,20,22)/b21-17-. The minimum Gasteiger partial charge on any atom is -0.297 e. The highest BCUT2D eigenvalue weighted by Gasteiger charge is 2.11. The third-order valence-corrected chi connectivity index (χ3v) is 3.46. The summed E-state index contributed by atoms with van der Waals surface area (Å²) >= 11 is 5.80. The van der Waals surface area contributed by atoms with Crippen LogP contribution in [0.1, 0.15) is 25.0 Å². The van der Waals surface area contributed by atoms with Crippen LogP contribution in [0.2, 0.25) is 5.02 Å². The van der Waals surface area contributed by atoms with Crippen molar-refractivity contribution in [2.24, 2.45) is 11.1 Å². The molecule has 2 rings (SSSR count). The van der Waals surface area contributed by atoms with Crippen LogP contribution in [0.5, 0.6) is 0 Å². The number of hydrogen-bond donors (Lipinski definition) is 1. The molecule has 23 heavy (non-hydrogen) atoms. The van der Waals surface area contributed by atoms with Gasteiger partial charge in [0.2, 0.25) is 0 Å². The monoisotopic (exact) mass is 330 g/mol. The van der Waals surface area contributed by atoms with E-state index in [-0.39, 0.29) is 5.92 Å². The average molecular weight is 331 g/mol. The summed E-state index contributed by atoms with van der Waals surface area (Å²) in [6.07, 6.45) is -0.641. The molecule has 0 spiro atoms. The summed E-state index contributed by atoms with van der Waals surface area (Å²) in [6, 6.07) is 14.7. The van der Waals surface area contributed by atoms with E-state index in [1.807, 2.05) is 45.0 Å². The van der Waals surface area contributed by atoms with Gasteiger partial charge in [0.1, 0.15) is 0 Å². The molecule has 0 aliphatic carbocycles. The molecule has 0 fully saturated rings. The number of aryl methyl sites for hydroxylation is 1. The van der Waals surface area contributed by atoms with E-state index in [1.54, 1.807) is 24.3 Å². The maximum atomic E-state index is 11.8. The normalized spacial score (nSPS) is 11.4. The molecule has 0 atom stereocenters. The largest absolute Gasteiger partial charge is 0.437 e. The smallest absolute Gasteiger partial charge is 0.297 e. The molecular weight excluding hydrogens is 312 g/mol. The molecule has 5 heteroatoms. The van der Waals surface area contributed by atoms with Gasteiger partial charge in [-0.25, -0.2) is 4.79 Å². The Morgan fingerprint density at radius 3 is 2.26 bits per heavy atom. The van der Waals surface area contributed by atoms with E-state index in [0.717, 1.165) is 11.3 Å². The van der Waals surface area contributed by atoms with Crippen molar-refractivity contribution in [2.75, 3.05) is 5.32 Å². The topological polar surface area (TPSA) is 50.7 Å². The molecule has 0 saturated heterocycles. The van der Waals surface area contributed by atoms with Crippen LogP contribution in [0.4, 0.5) is 10.5 Å². The lowest BCUT2D eigenvalue weighted by Crippen LogP contribution is -2.15. The molecule has 4 nitrogen and oxygen atoms in total. The molecule has 0 aliphatic rings. The predicted molar refractivity (Wildman–Crippen MR) is 94.1 cm³/mol. The fourth-order valence-corrected chi connectivity index (χ4v) is 2.11. The van der Waals surface area contributed by atoms with Crippen molar-refractivity contribution in [1.29, 1.82) is 0 Å². The third kappa shape index (κ3) is 5.11. The van der Waals surface area contributed by atoms with E-state index >= 15 is 0 Å². The Morgan fingerprint density at radius 1 is 1.09 bits per heavy atom. The molecule has 0 aliphatic heterocycles. The zero-order valence-electron chi connectivity index (χ0n) is 13.3. The molecule has 1 N–H and O–H groups in total. The van der Waals surface area contributed by atoms with E-state index in [9.17, 15) is 4.79 Å². The van der Waals surface area contributed by atoms with Crippen molar-refractivity contribution in [2.45, 2.75) is 20.8 Å². The zero-order chi connectivity index (χ0) is 16.8. The van der Waals surface area contributed by atoms with Crippen molar-refractivity contribution in [3.8, 4) is 0 Å². The number of hydrogen-bond acceptors (Lipinski definition) is 3. The second-order valence-electron chi connectivity index (χ2n) is 5.51. The Labute approximate surface area is 141 Å². The molecule has 0 heterocycles. The summed E-state index contributed by atoms with van der Waals surface area (Å²) in [5.41, 5.74) is 3.41. The lowest BCUT2D eigenvalue weighted by atomic mass is 9.99. The summed E-state index contributed by atoms with van der Waals surface area (Å²) in [6.45, 7) is 6.02. The lowest BCUT2D eigenvalue weighted by Gasteiger charge is -2.10. The van der Waals surface area contributed by atoms with Gasteiger partial charge in [-0.2, -0.15) is 0 Å². The molecule has 2 aromatic carbocycles. The summed E-state index contributed by atoms with van der Waals surface area (Å²) in [5.74, 6) is 0.126. The molecule has 0 aromatic heterocycles. The fourth-order valence-electron chi connectivity index (χ4n) is 1.98. The maximum absolute atomic E-state index is 11.8. The van der Waals surface area contributed by atoms with Crippen LogP contribution in [0.15, 0.2) is 53.7 Å². The first kappa shape index (κ1) is 17.0. The molecule has 0 radical (unpaired) electrons. The van der Waals surface area contributed by atoms with Gasteiger partial charge in [-0.15, -0.1) is 0 Å². The molecule has 2 aromatic rings. The summed E-state index contributed by atoms with van der Waals surface area (Å²) in [7, 11) is 0. The van der Waals surface area contributed by atoms with Gasteiger partial charge in [0, 0.05) is 10.7 Å². The maximum Gasteiger partial charge on any atom is 0.437 e. The van der Waals surface area contributed by atoms with Gasteiger partial charge in [-0.05, 0) is 42.7 Å². The SMILES string of the molecule is Cc1ccc(/C(=N\OC(=O)Nc2ccc(Cl)cc2)C(C)C)cc1. The summed E-state index contributed by atoms with van der Waals surface area (Å²) in [4.78, 5) is 16.8. The summed E-state index contributed by atoms with van der Waals surface area (Å²) < 4.78 is 0. The first-order chi connectivity index (χ1) is 11.0. The van der Waals surface area contributed by atoms with Crippen molar-refractivity contribution >= 4 is 29.1 Å². The minimum atomic E-state index is -0.641. The van der Waals surface area contributed by atoms with Crippen molar-refractivity contribution in [1.82, 2.24) is 0 Å². The van der Waals surface area contributed by atoms with Crippen molar-refractivity contribution < 1.29 is 9.63 Å². The van der Waals surface area contributed by atoms with Gasteiger partial charge >= 0.3 is 6.09 Å². The van der Waals surface area contributed by atoms with E-state index in [0.29, 0.717) is 10.7 Å². The first-order valence-corrected chi connectivity index (χ1v) is 7.72. The Hall–Kier alpha value is -2.33. The molecule has 120 valence electrons. The predicted octanol–water partition coefficient (Wildman–Crippen LogP) is 5.26. The number of nitrogens with zero attached hydrogens (tertiary/aromatic N) is 1. The number of rotatable bonds is 4. The quantitative estimate of drug-likeness (QED) is 0.472. The van der Waals surface area contributed by atoms with E-state index in [2.05, 4.69) is 10.5 Å². The number of nitrogens with one attached hydrogen (secondary N) is 1. The van der Waals surface area contributed by atoms with E-state index in [1.165, 1.54) is 5.56 Å². The highest BCUT2D eigenvalue weighted by Crippen LogP contribution is 2.14. The second-order valence-corrected chi connectivity index (χ2v) is 5.94.